The Balaban J connectivity index is 2.57. The lowest BCUT2D eigenvalue weighted by Crippen LogP contribution is -2.22. The zero-order valence-electron chi connectivity index (χ0n) is 8.53. The number of thioether (sulfide) groups is 1. The summed E-state index contributed by atoms with van der Waals surface area (Å²) >= 11 is 1.81. The quantitative estimate of drug-likeness (QED) is 0.776. The summed E-state index contributed by atoms with van der Waals surface area (Å²) in [5, 5.41) is 3.25. The van der Waals surface area contributed by atoms with Gasteiger partial charge < -0.3 is 11.1 Å². The van der Waals surface area contributed by atoms with Crippen LogP contribution in [0.2, 0.25) is 0 Å². The van der Waals surface area contributed by atoms with E-state index in [0.717, 1.165) is 12.2 Å². The second-order valence-corrected chi connectivity index (χ2v) is 3.92. The maximum absolute atomic E-state index is 5.55. The van der Waals surface area contributed by atoms with Gasteiger partial charge in [-0.2, -0.15) is 16.7 Å². The van der Waals surface area contributed by atoms with Crippen molar-refractivity contribution in [2.24, 2.45) is 0 Å². The van der Waals surface area contributed by atoms with E-state index >= 15 is 0 Å². The van der Waals surface area contributed by atoms with Gasteiger partial charge in [0.15, 0.2) is 0 Å². The van der Waals surface area contributed by atoms with E-state index in [2.05, 4.69) is 28.5 Å². The lowest BCUT2D eigenvalue weighted by Gasteiger charge is -2.15. The van der Waals surface area contributed by atoms with Gasteiger partial charge in [-0.25, -0.2) is 4.98 Å². The van der Waals surface area contributed by atoms with Crippen molar-refractivity contribution in [2.45, 2.75) is 19.4 Å². The molecule has 1 aromatic rings. The third-order valence-electron chi connectivity index (χ3n) is 1.87. The highest BCUT2D eigenvalue weighted by Gasteiger charge is 2.06. The molecule has 1 unspecified atom stereocenters. The fourth-order valence-electron chi connectivity index (χ4n) is 1.09. The smallest absolute Gasteiger partial charge is 0.224 e. The molecule has 0 saturated heterocycles. The molecule has 1 rings (SSSR count). The van der Waals surface area contributed by atoms with E-state index in [1.807, 2.05) is 11.8 Å². The van der Waals surface area contributed by atoms with Crippen molar-refractivity contribution in [3.8, 4) is 0 Å². The third-order valence-corrected chi connectivity index (χ3v) is 2.61. The number of nitrogens with one attached hydrogen (secondary N) is 1. The Labute approximate surface area is 88.7 Å². The lowest BCUT2D eigenvalue weighted by atomic mass is 10.3. The number of anilines is 2. The molecular weight excluding hydrogens is 196 g/mol. The highest BCUT2D eigenvalue weighted by molar-refractivity contribution is 7.98. The zero-order valence-corrected chi connectivity index (χ0v) is 9.34. The maximum atomic E-state index is 5.55. The van der Waals surface area contributed by atoms with Crippen molar-refractivity contribution in [3.05, 3.63) is 12.3 Å². The molecule has 3 N–H and O–H groups in total. The summed E-state index contributed by atoms with van der Waals surface area (Å²) in [6.07, 6.45) is 4.81. The standard InChI is InChI=1S/C9H16N4S/c1-3-7(6-14-2)12-9-11-5-4-8(10)13-9/h4-5,7H,3,6H2,1-2H3,(H3,10,11,12,13). The summed E-state index contributed by atoms with van der Waals surface area (Å²) in [4.78, 5) is 8.19. The molecule has 1 aromatic heterocycles. The predicted molar refractivity (Wildman–Crippen MR) is 62.5 cm³/mol. The van der Waals surface area contributed by atoms with Gasteiger partial charge in [-0.15, -0.1) is 0 Å². The molecule has 4 nitrogen and oxygen atoms in total. The summed E-state index contributed by atoms with van der Waals surface area (Å²) in [6, 6.07) is 2.09. The first-order valence-corrected chi connectivity index (χ1v) is 5.99. The molecule has 1 atom stereocenters. The fraction of sp³-hybridized carbons (Fsp3) is 0.556. The van der Waals surface area contributed by atoms with Crippen molar-refractivity contribution < 1.29 is 0 Å². The van der Waals surface area contributed by atoms with Crippen LogP contribution in [0.3, 0.4) is 0 Å². The van der Waals surface area contributed by atoms with Gasteiger partial charge in [-0.1, -0.05) is 6.92 Å². The van der Waals surface area contributed by atoms with E-state index in [4.69, 9.17) is 5.73 Å². The summed E-state index contributed by atoms with van der Waals surface area (Å²) in [5.41, 5.74) is 5.55. The normalized spacial score (nSPS) is 12.4. The first-order chi connectivity index (χ1) is 6.76. The Morgan fingerprint density at radius 3 is 3.00 bits per heavy atom. The number of nitrogens with zero attached hydrogens (tertiary/aromatic N) is 2. The van der Waals surface area contributed by atoms with E-state index < -0.39 is 0 Å². The number of hydrogen-bond donors (Lipinski definition) is 2. The third kappa shape index (κ3) is 3.41. The summed E-state index contributed by atoms with van der Waals surface area (Å²) in [7, 11) is 0. The molecule has 0 saturated carbocycles. The van der Waals surface area contributed by atoms with Gasteiger partial charge in [0.25, 0.3) is 0 Å². The molecule has 78 valence electrons. The van der Waals surface area contributed by atoms with Crippen LogP contribution in [0.15, 0.2) is 12.3 Å². The van der Waals surface area contributed by atoms with Crippen LogP contribution in [0.25, 0.3) is 0 Å². The predicted octanol–water partition coefficient (Wildman–Crippen LogP) is 1.61. The summed E-state index contributed by atoms with van der Waals surface area (Å²) in [6.45, 7) is 2.14. The molecule has 0 fully saturated rings. The van der Waals surface area contributed by atoms with Gasteiger partial charge in [0.2, 0.25) is 5.95 Å². The fourth-order valence-corrected chi connectivity index (χ4v) is 1.81. The van der Waals surface area contributed by atoms with Crippen LogP contribution in [0.5, 0.6) is 0 Å². The molecular formula is C9H16N4S. The molecule has 0 amide bonds. The van der Waals surface area contributed by atoms with Crippen LogP contribution in [-0.4, -0.2) is 28.0 Å². The Hall–Kier alpha value is -0.970. The average molecular weight is 212 g/mol. The molecule has 0 spiro atoms. The molecule has 0 aromatic carbocycles. The zero-order chi connectivity index (χ0) is 10.4. The highest BCUT2D eigenvalue weighted by atomic mass is 32.2. The maximum Gasteiger partial charge on any atom is 0.224 e. The van der Waals surface area contributed by atoms with Gasteiger partial charge in [0.05, 0.1) is 0 Å². The van der Waals surface area contributed by atoms with Crippen LogP contribution in [-0.2, 0) is 0 Å². The van der Waals surface area contributed by atoms with Crippen molar-refractivity contribution in [3.63, 3.8) is 0 Å². The summed E-state index contributed by atoms with van der Waals surface area (Å²) < 4.78 is 0. The van der Waals surface area contributed by atoms with Crippen molar-refractivity contribution in [2.75, 3.05) is 23.1 Å². The van der Waals surface area contributed by atoms with E-state index in [1.54, 1.807) is 12.3 Å². The molecule has 0 radical (unpaired) electrons. The van der Waals surface area contributed by atoms with Crippen molar-refractivity contribution >= 4 is 23.5 Å². The first kappa shape index (κ1) is 11.1. The molecule has 5 heteroatoms. The second kappa shape index (κ2) is 5.70. The van der Waals surface area contributed by atoms with Crippen molar-refractivity contribution in [1.29, 1.82) is 0 Å². The average Bonchev–Trinajstić information content (AvgIpc) is 2.17. The topological polar surface area (TPSA) is 63.8 Å². The van der Waals surface area contributed by atoms with Crippen LogP contribution >= 0.6 is 11.8 Å². The minimum absolute atomic E-state index is 0.409. The Bertz CT molecular complexity index is 279. The van der Waals surface area contributed by atoms with Crippen LogP contribution in [0, 0.1) is 0 Å². The minimum atomic E-state index is 0.409. The van der Waals surface area contributed by atoms with Gasteiger partial charge >= 0.3 is 0 Å². The number of aromatic nitrogens is 2. The number of nitrogen functional groups attached to an aromatic ring is 1. The monoisotopic (exact) mass is 212 g/mol. The highest BCUT2D eigenvalue weighted by Crippen LogP contribution is 2.08. The van der Waals surface area contributed by atoms with Crippen molar-refractivity contribution in [1.82, 2.24) is 9.97 Å². The molecule has 14 heavy (non-hydrogen) atoms. The molecule has 1 heterocycles. The number of rotatable bonds is 5. The summed E-state index contributed by atoms with van der Waals surface area (Å²) in [5.74, 6) is 2.17. The van der Waals surface area contributed by atoms with Gasteiger partial charge in [0, 0.05) is 18.0 Å². The number of hydrogen-bond acceptors (Lipinski definition) is 5. The van der Waals surface area contributed by atoms with E-state index in [0.29, 0.717) is 17.8 Å². The van der Waals surface area contributed by atoms with Gasteiger partial charge in [-0.3, -0.25) is 0 Å². The first-order valence-electron chi connectivity index (χ1n) is 4.60. The van der Waals surface area contributed by atoms with Crippen LogP contribution < -0.4 is 11.1 Å². The van der Waals surface area contributed by atoms with E-state index in [1.165, 1.54) is 0 Å². The van der Waals surface area contributed by atoms with Gasteiger partial charge in [-0.05, 0) is 18.7 Å². The van der Waals surface area contributed by atoms with Crippen LogP contribution in [0.1, 0.15) is 13.3 Å². The Morgan fingerprint density at radius 1 is 1.64 bits per heavy atom. The Morgan fingerprint density at radius 2 is 2.43 bits per heavy atom. The van der Waals surface area contributed by atoms with Crippen LogP contribution in [0.4, 0.5) is 11.8 Å². The number of nitrogens with two attached hydrogens (primary N) is 1. The largest absolute Gasteiger partial charge is 0.384 e. The molecule has 0 aliphatic carbocycles. The minimum Gasteiger partial charge on any atom is -0.384 e. The second-order valence-electron chi connectivity index (χ2n) is 3.01. The molecule has 0 aliphatic rings. The van der Waals surface area contributed by atoms with E-state index in [-0.39, 0.29) is 0 Å². The van der Waals surface area contributed by atoms with E-state index in [9.17, 15) is 0 Å². The molecule has 0 aliphatic heterocycles. The van der Waals surface area contributed by atoms with Gasteiger partial charge in [0.1, 0.15) is 5.82 Å². The Kier molecular flexibility index (Phi) is 4.52. The molecule has 0 bridgehead atoms. The SMILES string of the molecule is CCC(CSC)Nc1nccc(N)n1. The lowest BCUT2D eigenvalue weighted by molar-refractivity contribution is 0.763.